The summed E-state index contributed by atoms with van der Waals surface area (Å²) < 4.78 is 0. The van der Waals surface area contributed by atoms with Crippen molar-refractivity contribution in [3.8, 4) is 0 Å². The third-order valence-corrected chi connectivity index (χ3v) is 3.04. The van der Waals surface area contributed by atoms with Gasteiger partial charge in [-0.25, -0.2) is 4.79 Å². The number of nitrogens with one attached hydrogen (secondary N) is 1. The highest BCUT2D eigenvalue weighted by atomic mass is 35.5. The van der Waals surface area contributed by atoms with Crippen LogP contribution in [-0.4, -0.2) is 16.8 Å². The molecule has 18 heavy (non-hydrogen) atoms. The third-order valence-electron chi connectivity index (χ3n) is 2.71. The van der Waals surface area contributed by atoms with Crippen molar-refractivity contribution in [2.75, 3.05) is 5.43 Å². The maximum atomic E-state index is 10.9. The summed E-state index contributed by atoms with van der Waals surface area (Å²) in [5.41, 5.74) is 5.81. The van der Waals surface area contributed by atoms with E-state index in [2.05, 4.69) is 17.5 Å². The Kier molecular flexibility index (Phi) is 3.67. The summed E-state index contributed by atoms with van der Waals surface area (Å²) in [5.74, 6) is -1.05. The van der Waals surface area contributed by atoms with Gasteiger partial charge in [0.2, 0.25) is 0 Å². The Bertz CT molecular complexity index is 550. The smallest absolute Gasteiger partial charge is 0.337 e. The monoisotopic (exact) mass is 264 g/mol. The summed E-state index contributed by atoms with van der Waals surface area (Å²) in [7, 11) is 0. The molecule has 0 fully saturated rings. The van der Waals surface area contributed by atoms with Crippen LogP contribution in [0.25, 0.3) is 0 Å². The number of carbonyl (C=O) groups is 1. The van der Waals surface area contributed by atoms with Crippen molar-refractivity contribution >= 4 is 29.0 Å². The lowest BCUT2D eigenvalue weighted by Crippen LogP contribution is -2.00. The molecule has 2 N–H and O–H groups in total. The van der Waals surface area contributed by atoms with Crippen LogP contribution in [0.2, 0.25) is 5.02 Å². The summed E-state index contributed by atoms with van der Waals surface area (Å²) >= 11 is 5.78. The van der Waals surface area contributed by atoms with Gasteiger partial charge in [0.15, 0.2) is 0 Å². The van der Waals surface area contributed by atoms with Gasteiger partial charge in [0.1, 0.15) is 0 Å². The number of aromatic carboxylic acids is 1. The molecular formula is C13H13ClN2O2. The maximum Gasteiger partial charge on any atom is 0.337 e. The second-order valence-corrected chi connectivity index (χ2v) is 4.61. The molecule has 2 rings (SSSR count). The molecule has 0 bridgehead atoms. The maximum absolute atomic E-state index is 10.9. The molecule has 0 amide bonds. The second kappa shape index (κ2) is 5.23. The average Bonchev–Trinajstić information content (AvgIpc) is 2.74. The lowest BCUT2D eigenvalue weighted by Gasteiger charge is -2.04. The number of nitrogens with zero attached hydrogens (tertiary/aromatic N) is 1. The summed E-state index contributed by atoms with van der Waals surface area (Å²) in [6.07, 6.45) is 3.97. The van der Waals surface area contributed by atoms with Crippen molar-refractivity contribution in [1.29, 1.82) is 0 Å². The van der Waals surface area contributed by atoms with Gasteiger partial charge in [0.05, 0.1) is 22.0 Å². The van der Waals surface area contributed by atoms with E-state index in [1.165, 1.54) is 11.6 Å². The van der Waals surface area contributed by atoms with Gasteiger partial charge < -0.3 is 5.11 Å². The van der Waals surface area contributed by atoms with E-state index >= 15 is 0 Å². The zero-order valence-corrected chi connectivity index (χ0v) is 10.7. The fraction of sp³-hybridized carbons (Fsp3) is 0.231. The van der Waals surface area contributed by atoms with Crippen LogP contribution in [0, 0.1) is 0 Å². The van der Waals surface area contributed by atoms with Crippen LogP contribution in [0.3, 0.4) is 0 Å². The number of rotatable bonds is 3. The molecule has 0 spiro atoms. The minimum atomic E-state index is -1.05. The van der Waals surface area contributed by atoms with E-state index in [4.69, 9.17) is 16.7 Å². The lowest BCUT2D eigenvalue weighted by molar-refractivity contribution is 0.0697. The van der Waals surface area contributed by atoms with Gasteiger partial charge in [0.25, 0.3) is 0 Å². The molecule has 1 aliphatic rings. The van der Waals surface area contributed by atoms with Gasteiger partial charge in [-0.15, -0.1) is 0 Å². The highest BCUT2D eigenvalue weighted by Gasteiger charge is 2.10. The van der Waals surface area contributed by atoms with Crippen LogP contribution in [0.5, 0.6) is 0 Å². The molecule has 4 nitrogen and oxygen atoms in total. The topological polar surface area (TPSA) is 61.7 Å². The highest BCUT2D eigenvalue weighted by Crippen LogP contribution is 2.21. The Morgan fingerprint density at radius 3 is 2.83 bits per heavy atom. The fourth-order valence-corrected chi connectivity index (χ4v) is 1.94. The van der Waals surface area contributed by atoms with Gasteiger partial charge in [-0.3, -0.25) is 5.43 Å². The van der Waals surface area contributed by atoms with Crippen LogP contribution in [0.15, 0.2) is 34.9 Å². The summed E-state index contributed by atoms with van der Waals surface area (Å²) in [4.78, 5) is 10.9. The Hall–Kier alpha value is -1.81. The molecule has 0 atom stereocenters. The number of hydrogen-bond acceptors (Lipinski definition) is 3. The van der Waals surface area contributed by atoms with Gasteiger partial charge in [-0.1, -0.05) is 17.2 Å². The number of hydrogen-bond donors (Lipinski definition) is 2. The number of hydrazone groups is 1. The van der Waals surface area contributed by atoms with Crippen molar-refractivity contribution in [2.45, 2.75) is 19.8 Å². The van der Waals surface area contributed by atoms with Gasteiger partial charge in [-0.05, 0) is 44.0 Å². The van der Waals surface area contributed by atoms with Crippen LogP contribution >= 0.6 is 11.6 Å². The largest absolute Gasteiger partial charge is 0.478 e. The summed E-state index contributed by atoms with van der Waals surface area (Å²) in [6.45, 7) is 2.06. The molecular weight excluding hydrogens is 252 g/mol. The van der Waals surface area contributed by atoms with E-state index in [0.717, 1.165) is 18.6 Å². The molecule has 1 aromatic rings. The molecule has 1 aromatic carbocycles. The van der Waals surface area contributed by atoms with E-state index in [1.54, 1.807) is 12.1 Å². The minimum Gasteiger partial charge on any atom is -0.478 e. The molecule has 0 unspecified atom stereocenters. The molecule has 0 aromatic heterocycles. The van der Waals surface area contributed by atoms with Crippen molar-refractivity contribution in [3.63, 3.8) is 0 Å². The molecule has 94 valence electrons. The third kappa shape index (κ3) is 2.90. The van der Waals surface area contributed by atoms with E-state index in [-0.39, 0.29) is 10.6 Å². The Morgan fingerprint density at radius 1 is 1.44 bits per heavy atom. The first-order chi connectivity index (χ1) is 8.56. The Balaban J connectivity index is 2.15. The molecule has 5 heteroatoms. The number of allylic oxidation sites excluding steroid dienone is 2. The van der Waals surface area contributed by atoms with Crippen LogP contribution in [0.4, 0.5) is 5.69 Å². The standard InChI is InChI=1S/C13H13ClN2O2/c1-8-2-3-9(6-8)15-16-10-4-5-12(14)11(7-10)13(17)18/h4-7,16H,2-3H2,1H3,(H,17,18). The first-order valence-corrected chi connectivity index (χ1v) is 5.96. The fourth-order valence-electron chi connectivity index (χ4n) is 1.74. The van der Waals surface area contributed by atoms with Crippen LogP contribution in [-0.2, 0) is 0 Å². The van der Waals surface area contributed by atoms with Crippen molar-refractivity contribution in [3.05, 3.63) is 40.4 Å². The number of anilines is 1. The first kappa shape index (κ1) is 12.6. The zero-order valence-electron chi connectivity index (χ0n) is 9.90. The van der Waals surface area contributed by atoms with Crippen molar-refractivity contribution < 1.29 is 9.90 Å². The number of carboxylic acid groups (broad SMARTS) is 1. The van der Waals surface area contributed by atoms with E-state index < -0.39 is 5.97 Å². The van der Waals surface area contributed by atoms with Gasteiger partial charge in [0, 0.05) is 0 Å². The molecule has 0 saturated heterocycles. The average molecular weight is 265 g/mol. The van der Waals surface area contributed by atoms with Crippen molar-refractivity contribution in [1.82, 2.24) is 0 Å². The van der Waals surface area contributed by atoms with E-state index in [1.807, 2.05) is 6.08 Å². The van der Waals surface area contributed by atoms with Gasteiger partial charge in [-0.2, -0.15) is 5.10 Å². The SMILES string of the molecule is CC1=CC(=NNc2ccc(Cl)c(C(=O)O)c2)CC1. The molecule has 0 radical (unpaired) electrons. The Labute approximate surface area is 110 Å². The van der Waals surface area contributed by atoms with Crippen molar-refractivity contribution in [2.24, 2.45) is 5.10 Å². The second-order valence-electron chi connectivity index (χ2n) is 4.21. The predicted molar refractivity (Wildman–Crippen MR) is 72.5 cm³/mol. The molecule has 0 heterocycles. The summed E-state index contributed by atoms with van der Waals surface area (Å²) in [6, 6.07) is 4.72. The van der Waals surface area contributed by atoms with E-state index in [0.29, 0.717) is 5.69 Å². The number of halogens is 1. The predicted octanol–water partition coefficient (Wildman–Crippen LogP) is 3.55. The highest BCUT2D eigenvalue weighted by molar-refractivity contribution is 6.33. The quantitative estimate of drug-likeness (QED) is 0.821. The Morgan fingerprint density at radius 2 is 2.22 bits per heavy atom. The van der Waals surface area contributed by atoms with Crippen LogP contribution in [0.1, 0.15) is 30.1 Å². The minimum absolute atomic E-state index is 0.0695. The number of benzene rings is 1. The summed E-state index contributed by atoms with van der Waals surface area (Å²) in [5, 5.41) is 13.4. The number of carboxylic acids is 1. The first-order valence-electron chi connectivity index (χ1n) is 5.59. The normalized spacial score (nSPS) is 16.8. The van der Waals surface area contributed by atoms with Gasteiger partial charge >= 0.3 is 5.97 Å². The van der Waals surface area contributed by atoms with Crippen LogP contribution < -0.4 is 5.43 Å². The van der Waals surface area contributed by atoms with E-state index in [9.17, 15) is 4.79 Å². The molecule has 0 saturated carbocycles. The molecule has 0 aliphatic heterocycles. The lowest BCUT2D eigenvalue weighted by atomic mass is 10.2. The zero-order chi connectivity index (χ0) is 13.1. The molecule has 1 aliphatic carbocycles.